The summed E-state index contributed by atoms with van der Waals surface area (Å²) >= 11 is 6.20. The van der Waals surface area contributed by atoms with E-state index >= 15 is 0 Å². The Hall–Kier alpha value is -2.15. The molecule has 0 bridgehead atoms. The zero-order valence-electron chi connectivity index (χ0n) is 14.6. The van der Waals surface area contributed by atoms with Gasteiger partial charge >= 0.3 is 0 Å². The molecule has 0 aliphatic heterocycles. The summed E-state index contributed by atoms with van der Waals surface area (Å²) < 4.78 is 16.1. The van der Waals surface area contributed by atoms with Gasteiger partial charge in [0.1, 0.15) is 12.4 Å². The number of rotatable bonds is 8. The van der Waals surface area contributed by atoms with Gasteiger partial charge in [-0.15, -0.1) is 12.4 Å². The molecule has 0 atom stereocenters. The van der Waals surface area contributed by atoms with Gasteiger partial charge in [-0.1, -0.05) is 11.6 Å². The van der Waals surface area contributed by atoms with Crippen molar-refractivity contribution in [3.8, 4) is 17.2 Å². The number of benzene rings is 2. The van der Waals surface area contributed by atoms with E-state index in [2.05, 4.69) is 5.32 Å². The molecule has 2 aromatic carbocycles. The summed E-state index contributed by atoms with van der Waals surface area (Å²) in [5.41, 5.74) is 6.39. The normalized spacial score (nSPS) is 9.85. The first-order valence-electron chi connectivity index (χ1n) is 7.83. The average molecular weight is 401 g/mol. The van der Waals surface area contributed by atoms with Crippen molar-refractivity contribution in [1.82, 2.24) is 0 Å². The van der Waals surface area contributed by atoms with Crippen LogP contribution in [0.3, 0.4) is 0 Å². The maximum Gasteiger partial charge on any atom is 0.255 e. The fourth-order valence-electron chi connectivity index (χ4n) is 2.15. The summed E-state index contributed by atoms with van der Waals surface area (Å²) in [5.74, 6) is 1.21. The number of halogens is 2. The van der Waals surface area contributed by atoms with E-state index in [4.69, 9.17) is 31.5 Å². The SMILES string of the molecule is CCOc1c(Cl)cc(C(=O)Nc2ccc(OCCN)cc2)cc1OC.Cl. The number of amides is 1. The van der Waals surface area contributed by atoms with E-state index in [-0.39, 0.29) is 18.3 Å². The second-order valence-electron chi connectivity index (χ2n) is 5.04. The Morgan fingerprint density at radius 1 is 1.19 bits per heavy atom. The van der Waals surface area contributed by atoms with E-state index in [9.17, 15) is 4.79 Å². The number of ether oxygens (including phenoxy) is 3. The average Bonchev–Trinajstić information content (AvgIpc) is 2.62. The van der Waals surface area contributed by atoms with Crippen LogP contribution in [0.2, 0.25) is 5.02 Å². The molecule has 0 heterocycles. The lowest BCUT2D eigenvalue weighted by molar-refractivity contribution is 0.102. The molecule has 0 aromatic heterocycles. The topological polar surface area (TPSA) is 82.8 Å². The van der Waals surface area contributed by atoms with Crippen molar-refractivity contribution in [2.24, 2.45) is 5.73 Å². The molecule has 0 spiro atoms. The molecule has 0 aliphatic carbocycles. The van der Waals surface area contributed by atoms with Crippen LogP contribution in [0.15, 0.2) is 36.4 Å². The van der Waals surface area contributed by atoms with Gasteiger partial charge in [-0.3, -0.25) is 4.79 Å². The van der Waals surface area contributed by atoms with Crippen LogP contribution in [0, 0.1) is 0 Å². The predicted molar refractivity (Wildman–Crippen MR) is 105 cm³/mol. The molecule has 142 valence electrons. The maximum atomic E-state index is 12.4. The van der Waals surface area contributed by atoms with Gasteiger partial charge in [0, 0.05) is 17.8 Å². The lowest BCUT2D eigenvalue weighted by Gasteiger charge is -2.13. The Morgan fingerprint density at radius 3 is 2.46 bits per heavy atom. The van der Waals surface area contributed by atoms with E-state index in [1.165, 1.54) is 7.11 Å². The summed E-state index contributed by atoms with van der Waals surface area (Å²) in [7, 11) is 1.50. The molecule has 6 nitrogen and oxygen atoms in total. The molecular formula is C18H22Cl2N2O4. The lowest BCUT2D eigenvalue weighted by atomic mass is 10.1. The van der Waals surface area contributed by atoms with Gasteiger partial charge in [-0.2, -0.15) is 0 Å². The number of carbonyl (C=O) groups excluding carboxylic acids is 1. The highest BCUT2D eigenvalue weighted by atomic mass is 35.5. The number of methoxy groups -OCH3 is 1. The molecular weight excluding hydrogens is 379 g/mol. The molecule has 26 heavy (non-hydrogen) atoms. The van der Waals surface area contributed by atoms with Crippen molar-refractivity contribution >= 4 is 35.6 Å². The summed E-state index contributed by atoms with van der Waals surface area (Å²) in [5, 5.41) is 3.11. The summed E-state index contributed by atoms with van der Waals surface area (Å²) in [4.78, 5) is 12.4. The van der Waals surface area contributed by atoms with Gasteiger partial charge in [0.2, 0.25) is 0 Å². The minimum atomic E-state index is -0.307. The molecule has 0 saturated carbocycles. The molecule has 0 saturated heterocycles. The van der Waals surface area contributed by atoms with Crippen LogP contribution in [-0.2, 0) is 0 Å². The first-order chi connectivity index (χ1) is 12.1. The molecule has 1 amide bonds. The molecule has 0 unspecified atom stereocenters. The van der Waals surface area contributed by atoms with Gasteiger partial charge in [0.15, 0.2) is 11.5 Å². The summed E-state index contributed by atoms with van der Waals surface area (Å²) in [6.07, 6.45) is 0. The maximum absolute atomic E-state index is 12.4. The van der Waals surface area contributed by atoms with Crippen molar-refractivity contribution in [2.75, 3.05) is 32.2 Å². The zero-order valence-corrected chi connectivity index (χ0v) is 16.2. The Kier molecular flexibility index (Phi) is 9.05. The van der Waals surface area contributed by atoms with Crippen molar-refractivity contribution < 1.29 is 19.0 Å². The van der Waals surface area contributed by atoms with Crippen molar-refractivity contribution in [3.63, 3.8) is 0 Å². The number of nitrogens with two attached hydrogens (primary N) is 1. The summed E-state index contributed by atoms with van der Waals surface area (Å²) in [6, 6.07) is 10.1. The Labute approximate surface area is 164 Å². The second-order valence-corrected chi connectivity index (χ2v) is 5.45. The van der Waals surface area contributed by atoms with Gasteiger partial charge in [0.05, 0.1) is 18.7 Å². The zero-order chi connectivity index (χ0) is 18.2. The molecule has 0 aliphatic rings. The number of anilines is 1. The van der Waals surface area contributed by atoms with Crippen molar-refractivity contribution in [2.45, 2.75) is 6.92 Å². The van der Waals surface area contributed by atoms with E-state index < -0.39 is 0 Å². The van der Waals surface area contributed by atoms with Crippen molar-refractivity contribution in [3.05, 3.63) is 47.0 Å². The van der Waals surface area contributed by atoms with Gasteiger partial charge in [-0.05, 0) is 43.3 Å². The third-order valence-corrected chi connectivity index (χ3v) is 3.56. The predicted octanol–water partition coefficient (Wildman–Crippen LogP) is 3.76. The van der Waals surface area contributed by atoms with Gasteiger partial charge < -0.3 is 25.3 Å². The van der Waals surface area contributed by atoms with E-state index in [0.717, 1.165) is 0 Å². The standard InChI is InChI=1S/C18H21ClN2O4.ClH/c1-3-24-17-15(19)10-12(11-16(17)23-2)18(22)21-13-4-6-14(7-5-13)25-9-8-20;/h4-7,10-11H,3,8-9,20H2,1-2H3,(H,21,22);1H. The van der Waals surface area contributed by atoms with Crippen LogP contribution in [0.4, 0.5) is 5.69 Å². The Morgan fingerprint density at radius 2 is 1.88 bits per heavy atom. The van der Waals surface area contributed by atoms with E-state index in [1.807, 2.05) is 6.92 Å². The highest BCUT2D eigenvalue weighted by Gasteiger charge is 2.16. The van der Waals surface area contributed by atoms with Crippen LogP contribution in [0.25, 0.3) is 0 Å². The second kappa shape index (κ2) is 10.8. The van der Waals surface area contributed by atoms with E-state index in [0.29, 0.717) is 53.3 Å². The Bertz CT molecular complexity index is 724. The van der Waals surface area contributed by atoms with Crippen LogP contribution in [0.1, 0.15) is 17.3 Å². The highest BCUT2D eigenvalue weighted by molar-refractivity contribution is 6.32. The van der Waals surface area contributed by atoms with Crippen LogP contribution < -0.4 is 25.3 Å². The lowest BCUT2D eigenvalue weighted by Crippen LogP contribution is -2.13. The van der Waals surface area contributed by atoms with Gasteiger partial charge in [0.25, 0.3) is 5.91 Å². The first-order valence-corrected chi connectivity index (χ1v) is 8.21. The molecule has 0 fully saturated rings. The molecule has 2 aromatic rings. The monoisotopic (exact) mass is 400 g/mol. The number of nitrogens with one attached hydrogen (secondary N) is 1. The smallest absolute Gasteiger partial charge is 0.255 e. The summed E-state index contributed by atoms with van der Waals surface area (Å²) in [6.45, 7) is 3.17. The molecule has 2 rings (SSSR count). The third-order valence-electron chi connectivity index (χ3n) is 3.28. The molecule has 0 radical (unpaired) electrons. The van der Waals surface area contributed by atoms with Gasteiger partial charge in [-0.25, -0.2) is 0 Å². The van der Waals surface area contributed by atoms with Crippen molar-refractivity contribution in [1.29, 1.82) is 0 Å². The van der Waals surface area contributed by atoms with Crippen LogP contribution >= 0.6 is 24.0 Å². The quantitative estimate of drug-likeness (QED) is 0.704. The largest absolute Gasteiger partial charge is 0.493 e. The minimum absolute atomic E-state index is 0. The van der Waals surface area contributed by atoms with E-state index in [1.54, 1.807) is 36.4 Å². The highest BCUT2D eigenvalue weighted by Crippen LogP contribution is 2.36. The number of hydrogen-bond acceptors (Lipinski definition) is 5. The minimum Gasteiger partial charge on any atom is -0.493 e. The van der Waals surface area contributed by atoms with Crippen LogP contribution in [-0.4, -0.2) is 32.8 Å². The fourth-order valence-corrected chi connectivity index (χ4v) is 2.42. The number of carbonyl (C=O) groups is 1. The molecule has 3 N–H and O–H groups in total. The third kappa shape index (κ3) is 5.69. The first kappa shape index (κ1) is 21.9. The molecule has 8 heteroatoms. The Balaban J connectivity index is 0.00000338. The van der Waals surface area contributed by atoms with Crippen LogP contribution in [0.5, 0.6) is 17.2 Å². The fraction of sp³-hybridized carbons (Fsp3) is 0.278. The number of hydrogen-bond donors (Lipinski definition) is 2.